The third kappa shape index (κ3) is 3.90. The van der Waals surface area contributed by atoms with E-state index in [9.17, 15) is 21.6 Å². The summed E-state index contributed by atoms with van der Waals surface area (Å²) >= 11 is 0. The van der Waals surface area contributed by atoms with Crippen LogP contribution in [0.15, 0.2) is 26.0 Å². The molecule has 2 aromatic rings. The van der Waals surface area contributed by atoms with Crippen LogP contribution in [-0.4, -0.2) is 37.0 Å². The molecular weight excluding hydrogens is 399 g/mol. The maximum Gasteiger partial charge on any atom is 0.452 e. The van der Waals surface area contributed by atoms with E-state index in [-0.39, 0.29) is 53.6 Å². The Bertz CT molecular complexity index is 870. The highest BCUT2D eigenvalue weighted by molar-refractivity contribution is 7.89. The Labute approximate surface area is 153 Å². The highest BCUT2D eigenvalue weighted by Gasteiger charge is 2.37. The number of nitrogens with two attached hydrogens (primary N) is 1. The van der Waals surface area contributed by atoms with Crippen molar-refractivity contribution in [2.45, 2.75) is 36.9 Å². The molecular formula is C14H17ClF3N3O4S. The van der Waals surface area contributed by atoms with Gasteiger partial charge in [-0.1, -0.05) is 5.16 Å². The van der Waals surface area contributed by atoms with Gasteiger partial charge in [-0.25, -0.2) is 8.42 Å². The maximum atomic E-state index is 12.7. The lowest BCUT2D eigenvalue weighted by Gasteiger charge is -2.28. The van der Waals surface area contributed by atoms with Crippen molar-refractivity contribution in [3.63, 3.8) is 0 Å². The quantitative estimate of drug-likeness (QED) is 0.826. The molecule has 0 aromatic carbocycles. The third-order valence-corrected chi connectivity index (χ3v) is 6.04. The van der Waals surface area contributed by atoms with Crippen molar-refractivity contribution in [1.29, 1.82) is 0 Å². The van der Waals surface area contributed by atoms with Crippen LogP contribution in [0.25, 0.3) is 11.5 Å². The predicted molar refractivity (Wildman–Crippen MR) is 87.2 cm³/mol. The summed E-state index contributed by atoms with van der Waals surface area (Å²) in [5.41, 5.74) is 5.55. The van der Waals surface area contributed by atoms with Gasteiger partial charge < -0.3 is 14.7 Å². The van der Waals surface area contributed by atoms with Crippen LogP contribution in [0.1, 0.15) is 24.4 Å². The average Bonchev–Trinajstić information content (AvgIpc) is 3.13. The summed E-state index contributed by atoms with van der Waals surface area (Å²) in [6, 6.07) is 1.79. The van der Waals surface area contributed by atoms with E-state index in [0.29, 0.717) is 18.9 Å². The van der Waals surface area contributed by atoms with Gasteiger partial charge in [-0.05, 0) is 19.8 Å². The Hall–Kier alpha value is -1.56. The van der Waals surface area contributed by atoms with Gasteiger partial charge in [0.2, 0.25) is 15.8 Å². The van der Waals surface area contributed by atoms with E-state index in [1.54, 1.807) is 0 Å². The lowest BCUT2D eigenvalue weighted by atomic mass is 10.1. The second-order valence-corrected chi connectivity index (χ2v) is 7.75. The molecule has 0 bridgehead atoms. The highest BCUT2D eigenvalue weighted by atomic mass is 35.5. The number of halogens is 4. The van der Waals surface area contributed by atoms with E-state index < -0.39 is 22.0 Å². The van der Waals surface area contributed by atoms with E-state index in [4.69, 9.17) is 10.2 Å². The van der Waals surface area contributed by atoms with Crippen molar-refractivity contribution >= 4 is 22.4 Å². The summed E-state index contributed by atoms with van der Waals surface area (Å²) in [4.78, 5) is -0.102. The number of aromatic nitrogens is 1. The topological polar surface area (TPSA) is 103 Å². The van der Waals surface area contributed by atoms with Gasteiger partial charge in [0.1, 0.15) is 16.3 Å². The molecule has 0 amide bonds. The summed E-state index contributed by atoms with van der Waals surface area (Å²) in [6.07, 6.45) is -3.60. The van der Waals surface area contributed by atoms with E-state index in [1.165, 1.54) is 11.2 Å². The van der Waals surface area contributed by atoms with Gasteiger partial charge in [0, 0.05) is 31.3 Å². The summed E-state index contributed by atoms with van der Waals surface area (Å²) in [6.45, 7) is 1.99. The first kappa shape index (κ1) is 20.7. The minimum Gasteiger partial charge on any atom is -0.458 e. The summed E-state index contributed by atoms with van der Waals surface area (Å²) in [7, 11) is -3.82. The molecule has 1 aliphatic heterocycles. The molecule has 2 N–H and O–H groups in total. The van der Waals surface area contributed by atoms with E-state index >= 15 is 0 Å². The van der Waals surface area contributed by atoms with Crippen LogP contribution in [0.3, 0.4) is 0 Å². The Kier molecular flexibility index (Phi) is 5.76. The molecule has 0 spiro atoms. The second kappa shape index (κ2) is 7.22. The molecule has 3 heterocycles. The normalized spacial score (nSPS) is 17.3. The van der Waals surface area contributed by atoms with Gasteiger partial charge >= 0.3 is 6.18 Å². The van der Waals surface area contributed by atoms with Crippen molar-refractivity contribution in [1.82, 2.24) is 9.46 Å². The molecule has 0 radical (unpaired) electrons. The number of furan rings is 1. The van der Waals surface area contributed by atoms with Crippen molar-refractivity contribution in [3.05, 3.63) is 23.7 Å². The van der Waals surface area contributed by atoms with E-state index in [0.717, 1.165) is 6.07 Å². The van der Waals surface area contributed by atoms with Crippen molar-refractivity contribution < 1.29 is 30.5 Å². The fourth-order valence-corrected chi connectivity index (χ4v) is 4.26. The fraction of sp³-hybridized carbons (Fsp3) is 0.500. The maximum absolute atomic E-state index is 12.7. The summed E-state index contributed by atoms with van der Waals surface area (Å²) in [5, 5.41) is 3.30. The van der Waals surface area contributed by atoms with Gasteiger partial charge in [0.25, 0.3) is 0 Å². The van der Waals surface area contributed by atoms with Crippen LogP contribution < -0.4 is 5.73 Å². The van der Waals surface area contributed by atoms with Gasteiger partial charge in [-0.3, -0.25) is 0 Å². The molecule has 7 nitrogen and oxygen atoms in total. The van der Waals surface area contributed by atoms with E-state index in [2.05, 4.69) is 9.68 Å². The zero-order chi connectivity index (χ0) is 18.4. The number of hydrogen-bond donors (Lipinski definition) is 1. The largest absolute Gasteiger partial charge is 0.458 e. The standard InChI is InChI=1S/C14H16F3N3O4S.ClH/c1-8-12(25(21,22)20-4-2-9(18)3-5-20)7-11(23-8)10-6-13(24-19-10)14(15,16)17;/h6-7,9H,2-5,18H2,1H3;1H. The predicted octanol–water partition coefficient (Wildman–Crippen LogP) is 2.80. The van der Waals surface area contributed by atoms with Crippen molar-refractivity contribution in [3.8, 4) is 11.5 Å². The van der Waals surface area contributed by atoms with E-state index in [1.807, 2.05) is 0 Å². The molecule has 0 atom stereocenters. The zero-order valence-electron chi connectivity index (χ0n) is 13.6. The third-order valence-electron chi connectivity index (χ3n) is 4.03. The van der Waals surface area contributed by atoms with Crippen LogP contribution in [-0.2, 0) is 16.2 Å². The Morgan fingerprint density at radius 2 is 1.88 bits per heavy atom. The number of sulfonamides is 1. The average molecular weight is 416 g/mol. The first-order valence-electron chi connectivity index (χ1n) is 7.49. The highest BCUT2D eigenvalue weighted by Crippen LogP contribution is 2.35. The molecule has 12 heteroatoms. The lowest BCUT2D eigenvalue weighted by molar-refractivity contribution is -0.155. The molecule has 1 saturated heterocycles. The van der Waals surface area contributed by atoms with Gasteiger partial charge in [-0.15, -0.1) is 12.4 Å². The Morgan fingerprint density at radius 3 is 2.42 bits per heavy atom. The lowest BCUT2D eigenvalue weighted by Crippen LogP contribution is -2.42. The summed E-state index contributed by atoms with van der Waals surface area (Å²) < 4.78 is 74.1. The van der Waals surface area contributed by atoms with Crippen LogP contribution in [0, 0.1) is 6.92 Å². The molecule has 0 unspecified atom stereocenters. The number of piperidine rings is 1. The molecule has 2 aromatic heterocycles. The van der Waals surface area contributed by atoms with Crippen LogP contribution in [0.5, 0.6) is 0 Å². The molecule has 146 valence electrons. The van der Waals surface area contributed by atoms with Gasteiger partial charge in [0.15, 0.2) is 5.76 Å². The Morgan fingerprint density at radius 1 is 1.27 bits per heavy atom. The summed E-state index contributed by atoms with van der Waals surface area (Å²) in [5.74, 6) is -1.32. The van der Waals surface area contributed by atoms with Crippen LogP contribution in [0.4, 0.5) is 13.2 Å². The molecule has 0 aliphatic carbocycles. The first-order chi connectivity index (χ1) is 11.6. The smallest absolute Gasteiger partial charge is 0.452 e. The monoisotopic (exact) mass is 415 g/mol. The number of rotatable bonds is 3. The molecule has 0 saturated carbocycles. The minimum atomic E-state index is -4.69. The van der Waals surface area contributed by atoms with Crippen LogP contribution >= 0.6 is 12.4 Å². The molecule has 1 aliphatic rings. The minimum absolute atomic E-state index is 0. The fourth-order valence-electron chi connectivity index (χ4n) is 2.63. The number of aryl methyl sites for hydroxylation is 1. The Balaban J connectivity index is 0.00000243. The number of nitrogens with zero attached hydrogens (tertiary/aromatic N) is 2. The molecule has 1 fully saturated rings. The van der Waals surface area contributed by atoms with Crippen molar-refractivity contribution in [2.24, 2.45) is 5.73 Å². The number of hydrogen-bond acceptors (Lipinski definition) is 6. The first-order valence-corrected chi connectivity index (χ1v) is 8.93. The molecule has 3 rings (SSSR count). The second-order valence-electron chi connectivity index (χ2n) is 5.85. The van der Waals surface area contributed by atoms with Gasteiger partial charge in [0.05, 0.1) is 0 Å². The van der Waals surface area contributed by atoms with Gasteiger partial charge in [-0.2, -0.15) is 17.5 Å². The molecule has 26 heavy (non-hydrogen) atoms. The van der Waals surface area contributed by atoms with Crippen LogP contribution in [0.2, 0.25) is 0 Å². The zero-order valence-corrected chi connectivity index (χ0v) is 15.2. The SMILES string of the molecule is Cc1oc(-c2cc(C(F)(F)F)on2)cc1S(=O)(=O)N1CCC(N)CC1.Cl. The number of alkyl halides is 3. The van der Waals surface area contributed by atoms with Crippen molar-refractivity contribution in [2.75, 3.05) is 13.1 Å².